The highest BCUT2D eigenvalue weighted by molar-refractivity contribution is 9.10. The number of aliphatic carboxylic acids is 1. The summed E-state index contributed by atoms with van der Waals surface area (Å²) in [6, 6.07) is 3.24. The number of halogens is 4. The van der Waals surface area contributed by atoms with Gasteiger partial charge in [-0.3, -0.25) is 4.79 Å². The van der Waals surface area contributed by atoms with Crippen molar-refractivity contribution in [2.45, 2.75) is 37.5 Å². The van der Waals surface area contributed by atoms with Gasteiger partial charge in [0.2, 0.25) is 11.4 Å². The highest BCUT2D eigenvalue weighted by atomic mass is 79.9. The fourth-order valence-electron chi connectivity index (χ4n) is 3.05. The predicted octanol–water partition coefficient (Wildman–Crippen LogP) is 3.75. The molecule has 1 aromatic rings. The molecule has 10 nitrogen and oxygen atoms in total. The minimum Gasteiger partial charge on any atom is -0.569 e. The molecule has 1 saturated carbocycles. The molecule has 2 aliphatic rings. The molecule has 0 bridgehead atoms. The van der Waals surface area contributed by atoms with E-state index in [0.29, 0.717) is 15.6 Å². The Kier molecular flexibility index (Phi) is 7.34. The summed E-state index contributed by atoms with van der Waals surface area (Å²) >= 11 is 3.32. The van der Waals surface area contributed by atoms with Crippen molar-refractivity contribution >= 4 is 33.9 Å². The van der Waals surface area contributed by atoms with Crippen molar-refractivity contribution in [2.24, 2.45) is 5.28 Å². The van der Waals surface area contributed by atoms with Crippen molar-refractivity contribution in [1.29, 1.82) is 0 Å². The minimum atomic E-state index is -4.89. The average molecular weight is 538 g/mol. The van der Waals surface area contributed by atoms with Crippen LogP contribution in [0.15, 0.2) is 27.5 Å². The molecule has 0 amide bonds. The number of benzene rings is 1. The number of fused-ring (bicyclic) bond motifs is 1. The van der Waals surface area contributed by atoms with Gasteiger partial charge in [0.1, 0.15) is 5.75 Å². The molecule has 0 unspecified atom stereocenters. The van der Waals surface area contributed by atoms with Gasteiger partial charge in [-0.2, -0.15) is 13.2 Å². The lowest BCUT2D eigenvalue weighted by Crippen LogP contribution is -2.41. The lowest BCUT2D eigenvalue weighted by molar-refractivity contribution is -0.706. The first-order valence-corrected chi connectivity index (χ1v) is 10.4. The molecule has 3 rings (SSSR count). The first-order chi connectivity index (χ1) is 15.5. The zero-order valence-electron chi connectivity index (χ0n) is 17.2. The first kappa shape index (κ1) is 24.6. The zero-order valence-corrected chi connectivity index (χ0v) is 18.8. The third-order valence-corrected chi connectivity index (χ3v) is 5.26. The number of carboxylic acid groups (broad SMARTS) is 1. The van der Waals surface area contributed by atoms with E-state index in [4.69, 9.17) is 9.84 Å². The highest BCUT2D eigenvalue weighted by Gasteiger charge is 2.49. The van der Waals surface area contributed by atoms with Crippen molar-refractivity contribution in [2.75, 3.05) is 20.4 Å². The number of hydrogen-bond donors (Lipinski definition) is 1. The molecule has 1 aromatic carbocycles. The lowest BCUT2D eigenvalue weighted by Gasteiger charge is -2.29. The number of ether oxygens (including phenoxy) is 2. The molecule has 180 valence electrons. The maximum absolute atomic E-state index is 13.7. The largest absolute Gasteiger partial charge is 0.569 e. The van der Waals surface area contributed by atoms with Gasteiger partial charge >= 0.3 is 18.1 Å². The molecule has 14 heteroatoms. The van der Waals surface area contributed by atoms with Crippen LogP contribution in [0.2, 0.25) is 0 Å². The Balaban J connectivity index is 1.71. The molecule has 0 saturated heterocycles. The number of carboxylic acids is 1. The lowest BCUT2D eigenvalue weighted by atomic mass is 9.97. The normalized spacial score (nSPS) is 18.0. The van der Waals surface area contributed by atoms with E-state index in [1.54, 1.807) is 6.07 Å². The van der Waals surface area contributed by atoms with E-state index in [0.717, 1.165) is 23.9 Å². The maximum atomic E-state index is 13.7. The summed E-state index contributed by atoms with van der Waals surface area (Å²) in [5.41, 5.74) is 0.160. The van der Waals surface area contributed by atoms with E-state index >= 15 is 0 Å². The first-order valence-electron chi connectivity index (χ1n) is 9.66. The minimum absolute atomic E-state index is 0.0808. The Morgan fingerprint density at radius 3 is 2.70 bits per heavy atom. The van der Waals surface area contributed by atoms with Crippen LogP contribution in [-0.2, 0) is 19.2 Å². The van der Waals surface area contributed by atoms with Gasteiger partial charge in [0.15, 0.2) is 0 Å². The maximum Gasteiger partial charge on any atom is 0.430 e. The zero-order chi connectivity index (χ0) is 24.3. The van der Waals surface area contributed by atoms with Gasteiger partial charge < -0.3 is 24.6 Å². The van der Waals surface area contributed by atoms with Crippen molar-refractivity contribution in [3.8, 4) is 5.75 Å². The van der Waals surface area contributed by atoms with Crippen LogP contribution in [0.3, 0.4) is 0 Å². The predicted molar refractivity (Wildman–Crippen MR) is 108 cm³/mol. The second-order valence-corrected chi connectivity index (χ2v) is 8.28. The molecule has 1 atom stereocenters. The van der Waals surface area contributed by atoms with E-state index in [2.05, 4.69) is 30.8 Å². The Hall–Kier alpha value is -3.03. The van der Waals surface area contributed by atoms with Gasteiger partial charge in [0, 0.05) is 10.0 Å². The number of rotatable bonds is 9. The molecule has 1 aliphatic carbocycles. The molecular formula is C19H19BrF3N3O7. The third-order valence-electron chi connectivity index (χ3n) is 4.80. The number of esters is 1. The van der Waals surface area contributed by atoms with Crippen LogP contribution < -0.4 is 4.74 Å². The quantitative estimate of drug-likeness (QED) is 0.126. The summed E-state index contributed by atoms with van der Waals surface area (Å²) < 4.78 is 51.5. The number of carbonyl (C=O) groups excluding carboxylic acids is 1. The van der Waals surface area contributed by atoms with Crippen LogP contribution in [0, 0.1) is 5.21 Å². The van der Waals surface area contributed by atoms with E-state index in [1.807, 2.05) is 0 Å². The summed E-state index contributed by atoms with van der Waals surface area (Å²) in [7, 11) is 1.23. The van der Waals surface area contributed by atoms with Gasteiger partial charge in [0.25, 0.3) is 6.79 Å². The molecule has 1 N–H and O–H groups in total. The fourth-order valence-corrected chi connectivity index (χ4v) is 3.55. The van der Waals surface area contributed by atoms with Gasteiger partial charge in [0.05, 0.1) is 30.6 Å². The number of alkyl halides is 3. The number of hydrogen-bond acceptors (Lipinski definition) is 7. The number of hydrazine groups is 1. The van der Waals surface area contributed by atoms with Crippen molar-refractivity contribution < 1.29 is 47.1 Å². The fraction of sp³-hybridized carbons (Fsp3) is 0.474. The Bertz CT molecular complexity index is 996. The van der Waals surface area contributed by atoms with Crippen molar-refractivity contribution in [3.63, 3.8) is 0 Å². The SMILES string of the molecule is CN(CCC(=O)O)/[N+]([O-])=N/OCOC(=O)C1=Cc2cc(Br)cc(C3CC3)c2O[C@@H]1C(F)(F)F. The molecular weight excluding hydrogens is 519 g/mol. The molecule has 0 spiro atoms. The molecule has 0 aromatic heterocycles. The van der Waals surface area contributed by atoms with E-state index < -0.39 is 36.6 Å². The second-order valence-electron chi connectivity index (χ2n) is 7.36. The topological polar surface area (TPSA) is 124 Å². The Labute approximate surface area is 193 Å². The summed E-state index contributed by atoms with van der Waals surface area (Å²) in [6.07, 6.45) is -5.03. The van der Waals surface area contributed by atoms with Gasteiger partial charge in [-0.05, 0) is 42.5 Å². The smallest absolute Gasteiger partial charge is 0.430 e. The number of carbonyl (C=O) groups is 2. The molecule has 33 heavy (non-hydrogen) atoms. The Morgan fingerprint density at radius 2 is 2.09 bits per heavy atom. The summed E-state index contributed by atoms with van der Waals surface area (Å²) in [4.78, 5) is 27.3. The standard InChI is InChI=1S/C19H19BrF3N3O7/c1-25(5-4-15(27)28)26(30)24-32-9-31-18(29)14-7-11-6-12(20)8-13(10-2-3-10)16(11)33-17(14)19(21,22)23/h6-8,10,17H,2-5,9H2,1H3,(H,27,28)/b26-24-/t17-/m0/s1. The van der Waals surface area contributed by atoms with Crippen molar-refractivity contribution in [1.82, 2.24) is 5.01 Å². The van der Waals surface area contributed by atoms with Crippen LogP contribution >= 0.6 is 15.9 Å². The number of nitrogens with zero attached hydrogens (tertiary/aromatic N) is 3. The highest BCUT2D eigenvalue weighted by Crippen LogP contribution is 2.49. The van der Waals surface area contributed by atoms with Gasteiger partial charge in [-0.25, -0.2) is 4.79 Å². The van der Waals surface area contributed by atoms with Crippen LogP contribution in [0.5, 0.6) is 5.75 Å². The van der Waals surface area contributed by atoms with Gasteiger partial charge in [-0.1, -0.05) is 15.9 Å². The molecule has 0 radical (unpaired) electrons. The Morgan fingerprint density at radius 1 is 1.39 bits per heavy atom. The molecule has 1 heterocycles. The monoisotopic (exact) mass is 537 g/mol. The molecule has 1 fully saturated rings. The van der Waals surface area contributed by atoms with E-state index in [9.17, 15) is 28.0 Å². The summed E-state index contributed by atoms with van der Waals surface area (Å²) in [5, 5.41) is 24.0. The summed E-state index contributed by atoms with van der Waals surface area (Å²) in [5.74, 6) is -2.31. The third kappa shape index (κ3) is 6.27. The van der Waals surface area contributed by atoms with Crippen LogP contribution in [-0.4, -0.2) is 59.7 Å². The van der Waals surface area contributed by atoms with Gasteiger partial charge in [-0.15, -0.1) is 5.01 Å². The summed E-state index contributed by atoms with van der Waals surface area (Å²) in [6.45, 7) is -1.13. The second kappa shape index (κ2) is 9.85. The average Bonchev–Trinajstić information content (AvgIpc) is 3.57. The van der Waals surface area contributed by atoms with Crippen LogP contribution in [0.4, 0.5) is 13.2 Å². The van der Waals surface area contributed by atoms with Crippen molar-refractivity contribution in [3.05, 3.63) is 38.5 Å². The van der Waals surface area contributed by atoms with Crippen LogP contribution in [0.25, 0.3) is 6.08 Å². The van der Waals surface area contributed by atoms with E-state index in [-0.39, 0.29) is 29.6 Å². The molecule has 1 aliphatic heterocycles. The van der Waals surface area contributed by atoms with Crippen LogP contribution in [0.1, 0.15) is 36.3 Å². The van der Waals surface area contributed by atoms with E-state index in [1.165, 1.54) is 13.1 Å².